The molecule has 5 heteroatoms. The Labute approximate surface area is 94.1 Å². The Bertz CT molecular complexity index is 424. The molecule has 0 aromatic heterocycles. The topological polar surface area (TPSA) is 77.9 Å². The Hall–Kier alpha value is -2.00. The van der Waals surface area contributed by atoms with Crippen molar-refractivity contribution in [2.75, 3.05) is 5.32 Å². The van der Waals surface area contributed by atoms with Crippen molar-refractivity contribution in [3.8, 4) is 0 Å². The maximum absolute atomic E-state index is 11.7. The molecular weight excluding hydrogens is 204 g/mol. The van der Waals surface area contributed by atoms with Gasteiger partial charge in [-0.25, -0.2) is 0 Å². The molecule has 1 N–H and O–H groups in total. The number of azide groups is 1. The van der Waals surface area contributed by atoms with Gasteiger partial charge >= 0.3 is 0 Å². The van der Waals surface area contributed by atoms with E-state index in [0.29, 0.717) is 11.4 Å². The van der Waals surface area contributed by atoms with Gasteiger partial charge in [0.1, 0.15) is 0 Å². The number of amides is 1. The lowest BCUT2D eigenvalue weighted by atomic mass is 9.95. The van der Waals surface area contributed by atoms with Gasteiger partial charge in [0.05, 0.1) is 0 Å². The molecule has 0 bridgehead atoms. The fourth-order valence-corrected chi connectivity index (χ4v) is 0.982. The highest BCUT2D eigenvalue weighted by atomic mass is 16.2. The van der Waals surface area contributed by atoms with Gasteiger partial charge in [-0.3, -0.25) is 4.79 Å². The quantitative estimate of drug-likeness (QED) is 0.459. The molecule has 1 aromatic carbocycles. The lowest BCUT2D eigenvalue weighted by Gasteiger charge is -2.17. The van der Waals surface area contributed by atoms with E-state index in [1.165, 1.54) is 0 Å². The van der Waals surface area contributed by atoms with E-state index in [2.05, 4.69) is 15.3 Å². The third-order valence-electron chi connectivity index (χ3n) is 1.97. The van der Waals surface area contributed by atoms with Gasteiger partial charge in [-0.15, -0.1) is 0 Å². The maximum Gasteiger partial charge on any atom is 0.229 e. The minimum atomic E-state index is -0.427. The van der Waals surface area contributed by atoms with Crippen LogP contribution in [0.4, 0.5) is 11.4 Å². The van der Waals surface area contributed by atoms with Crippen LogP contribution in [0.25, 0.3) is 10.4 Å². The number of hydrogen-bond acceptors (Lipinski definition) is 2. The van der Waals surface area contributed by atoms with Gasteiger partial charge in [-0.1, -0.05) is 38.0 Å². The smallest absolute Gasteiger partial charge is 0.229 e. The normalized spacial score (nSPS) is 10.4. The van der Waals surface area contributed by atoms with Crippen LogP contribution < -0.4 is 5.32 Å². The number of benzene rings is 1. The van der Waals surface area contributed by atoms with Gasteiger partial charge in [0.15, 0.2) is 0 Å². The fraction of sp³-hybridized carbons (Fsp3) is 0.364. The van der Waals surface area contributed by atoms with Crippen molar-refractivity contribution in [1.29, 1.82) is 0 Å². The number of nitrogens with one attached hydrogen (secondary N) is 1. The lowest BCUT2D eigenvalue weighted by molar-refractivity contribution is -0.123. The molecule has 0 heterocycles. The van der Waals surface area contributed by atoms with Crippen molar-refractivity contribution in [2.45, 2.75) is 20.8 Å². The van der Waals surface area contributed by atoms with Crippen LogP contribution in [-0.2, 0) is 4.79 Å². The van der Waals surface area contributed by atoms with Crippen LogP contribution in [0.3, 0.4) is 0 Å². The summed E-state index contributed by atoms with van der Waals surface area (Å²) in [6, 6.07) is 6.71. The number of nitrogens with zero attached hydrogens (tertiary/aromatic N) is 3. The van der Waals surface area contributed by atoms with E-state index in [-0.39, 0.29) is 5.91 Å². The molecule has 5 nitrogen and oxygen atoms in total. The zero-order chi connectivity index (χ0) is 12.2. The second-order valence-corrected chi connectivity index (χ2v) is 4.44. The standard InChI is InChI=1S/C11H14N4O/c1-11(2,3)10(16)13-8-4-6-9(7-5-8)14-15-12/h4-7H,1-3H3,(H,13,16). The zero-order valence-electron chi connectivity index (χ0n) is 9.56. The SMILES string of the molecule is CC(C)(C)C(=O)Nc1ccc(N=[N+]=[N-])cc1. The Balaban J connectivity index is 2.76. The third-order valence-corrected chi connectivity index (χ3v) is 1.97. The minimum Gasteiger partial charge on any atom is -0.326 e. The summed E-state index contributed by atoms with van der Waals surface area (Å²) >= 11 is 0. The van der Waals surface area contributed by atoms with Crippen LogP contribution in [0, 0.1) is 5.41 Å². The molecule has 0 aliphatic carbocycles. The first-order chi connectivity index (χ1) is 7.43. The second-order valence-electron chi connectivity index (χ2n) is 4.44. The molecule has 0 saturated heterocycles. The molecule has 0 atom stereocenters. The zero-order valence-corrected chi connectivity index (χ0v) is 9.56. The summed E-state index contributed by atoms with van der Waals surface area (Å²) in [5, 5.41) is 6.22. The van der Waals surface area contributed by atoms with Crippen LogP contribution in [-0.4, -0.2) is 5.91 Å². The van der Waals surface area contributed by atoms with Crippen LogP contribution in [0.15, 0.2) is 29.4 Å². The first-order valence-electron chi connectivity index (χ1n) is 4.90. The van der Waals surface area contributed by atoms with Gasteiger partial charge in [-0.05, 0) is 17.7 Å². The molecule has 0 fully saturated rings. The summed E-state index contributed by atoms with van der Waals surface area (Å²) in [6.45, 7) is 5.53. The average molecular weight is 218 g/mol. The first kappa shape index (κ1) is 12.1. The molecule has 0 unspecified atom stereocenters. The van der Waals surface area contributed by atoms with Crippen molar-refractivity contribution < 1.29 is 4.79 Å². The van der Waals surface area contributed by atoms with Crippen molar-refractivity contribution in [1.82, 2.24) is 0 Å². The van der Waals surface area contributed by atoms with Crippen molar-refractivity contribution >= 4 is 17.3 Å². The molecule has 16 heavy (non-hydrogen) atoms. The predicted octanol–water partition coefficient (Wildman–Crippen LogP) is 3.61. The fourth-order valence-electron chi connectivity index (χ4n) is 0.982. The van der Waals surface area contributed by atoms with Crippen molar-refractivity contribution in [3.05, 3.63) is 34.7 Å². The Kier molecular flexibility index (Phi) is 3.53. The molecule has 0 aliphatic heterocycles. The van der Waals surface area contributed by atoms with Crippen LogP contribution in [0.1, 0.15) is 20.8 Å². The van der Waals surface area contributed by atoms with E-state index < -0.39 is 5.41 Å². The Morgan fingerprint density at radius 2 is 1.88 bits per heavy atom. The van der Waals surface area contributed by atoms with Crippen LogP contribution in [0.2, 0.25) is 0 Å². The highest BCUT2D eigenvalue weighted by Crippen LogP contribution is 2.20. The number of carbonyl (C=O) groups is 1. The van der Waals surface area contributed by atoms with E-state index in [9.17, 15) is 4.79 Å². The van der Waals surface area contributed by atoms with Gasteiger partial charge in [0.25, 0.3) is 0 Å². The molecule has 0 radical (unpaired) electrons. The maximum atomic E-state index is 11.7. The summed E-state index contributed by atoms with van der Waals surface area (Å²) in [4.78, 5) is 14.3. The number of anilines is 1. The largest absolute Gasteiger partial charge is 0.326 e. The molecule has 1 amide bonds. The number of rotatable bonds is 2. The highest BCUT2D eigenvalue weighted by Gasteiger charge is 2.20. The summed E-state index contributed by atoms with van der Waals surface area (Å²) in [6.07, 6.45) is 0. The van der Waals surface area contributed by atoms with Crippen LogP contribution in [0.5, 0.6) is 0 Å². The number of carbonyl (C=O) groups excluding carboxylic acids is 1. The summed E-state index contributed by atoms with van der Waals surface area (Å²) < 4.78 is 0. The average Bonchev–Trinajstić information content (AvgIpc) is 2.20. The minimum absolute atomic E-state index is 0.0518. The second kappa shape index (κ2) is 4.68. The third kappa shape index (κ3) is 3.29. The van der Waals surface area contributed by atoms with E-state index >= 15 is 0 Å². The number of hydrogen-bond donors (Lipinski definition) is 1. The molecule has 0 saturated carbocycles. The van der Waals surface area contributed by atoms with Gasteiger partial charge in [0, 0.05) is 21.7 Å². The molecule has 84 valence electrons. The van der Waals surface area contributed by atoms with E-state index in [1.54, 1.807) is 24.3 Å². The molecule has 0 spiro atoms. The van der Waals surface area contributed by atoms with Crippen molar-refractivity contribution in [3.63, 3.8) is 0 Å². The van der Waals surface area contributed by atoms with E-state index in [4.69, 9.17) is 5.53 Å². The van der Waals surface area contributed by atoms with Gasteiger partial charge in [-0.2, -0.15) is 0 Å². The highest BCUT2D eigenvalue weighted by molar-refractivity contribution is 5.94. The first-order valence-corrected chi connectivity index (χ1v) is 4.90. The Morgan fingerprint density at radius 3 is 2.31 bits per heavy atom. The van der Waals surface area contributed by atoms with E-state index in [1.807, 2.05) is 20.8 Å². The van der Waals surface area contributed by atoms with Gasteiger partial charge < -0.3 is 5.32 Å². The lowest BCUT2D eigenvalue weighted by Crippen LogP contribution is -2.27. The summed E-state index contributed by atoms with van der Waals surface area (Å²) in [5.74, 6) is -0.0518. The molecule has 1 rings (SSSR count). The van der Waals surface area contributed by atoms with Gasteiger partial charge in [0.2, 0.25) is 5.91 Å². The predicted molar refractivity (Wildman–Crippen MR) is 63.3 cm³/mol. The molecular formula is C11H14N4O. The Morgan fingerprint density at radius 1 is 1.31 bits per heavy atom. The summed E-state index contributed by atoms with van der Waals surface area (Å²) in [5.41, 5.74) is 9.02. The molecule has 1 aromatic rings. The van der Waals surface area contributed by atoms with E-state index in [0.717, 1.165) is 0 Å². The van der Waals surface area contributed by atoms with Crippen LogP contribution >= 0.6 is 0 Å². The monoisotopic (exact) mass is 218 g/mol. The summed E-state index contributed by atoms with van der Waals surface area (Å²) in [7, 11) is 0. The van der Waals surface area contributed by atoms with Crippen molar-refractivity contribution in [2.24, 2.45) is 10.5 Å². The molecule has 0 aliphatic rings.